The van der Waals surface area contributed by atoms with Crippen molar-refractivity contribution in [2.45, 2.75) is 45.3 Å². The average molecular weight is 405 g/mol. The molecular weight excluding hydrogens is 378 g/mol. The second-order valence-electron chi connectivity index (χ2n) is 7.59. The van der Waals surface area contributed by atoms with Gasteiger partial charge in [0.25, 0.3) is 0 Å². The number of amides is 2. The van der Waals surface area contributed by atoms with Crippen LogP contribution in [0, 0.1) is 0 Å². The minimum absolute atomic E-state index is 0.0649. The van der Waals surface area contributed by atoms with Gasteiger partial charge in [-0.15, -0.1) is 0 Å². The third-order valence-corrected chi connectivity index (χ3v) is 5.60. The molecule has 30 heavy (non-hydrogen) atoms. The molecule has 6 heteroatoms. The van der Waals surface area contributed by atoms with Gasteiger partial charge in [-0.25, -0.2) is 4.79 Å². The fraction of sp³-hybridized carbons (Fsp3) is 0.333. The molecule has 1 heterocycles. The van der Waals surface area contributed by atoms with Crippen LogP contribution in [0.4, 0.5) is 4.79 Å². The highest BCUT2D eigenvalue weighted by molar-refractivity contribution is 5.87. The molecule has 0 unspecified atom stereocenters. The number of hydrogen-bond donors (Lipinski definition) is 2. The molecule has 2 amide bonds. The quantitative estimate of drug-likeness (QED) is 0.616. The molecule has 4 rings (SSSR count). The zero-order valence-electron chi connectivity index (χ0n) is 17.2. The molecule has 0 spiro atoms. The number of urea groups is 1. The van der Waals surface area contributed by atoms with Crippen LogP contribution in [0.25, 0.3) is 10.9 Å². The molecule has 6 nitrogen and oxygen atoms in total. The molecule has 1 aliphatic rings. The number of carbonyl (C=O) groups excluding carboxylic acids is 2. The Morgan fingerprint density at radius 2 is 1.87 bits per heavy atom. The highest BCUT2D eigenvalue weighted by Crippen LogP contribution is 2.32. The third kappa shape index (κ3) is 4.32. The number of hydrogen-bond acceptors (Lipinski definition) is 3. The largest absolute Gasteiger partial charge is 0.465 e. The van der Waals surface area contributed by atoms with Gasteiger partial charge in [0.2, 0.25) is 0 Å². The average Bonchev–Trinajstić information content (AvgIpc) is 3.06. The van der Waals surface area contributed by atoms with Crippen molar-refractivity contribution < 1.29 is 14.3 Å². The van der Waals surface area contributed by atoms with Crippen molar-refractivity contribution in [3.63, 3.8) is 0 Å². The lowest BCUT2D eigenvalue weighted by atomic mass is 9.91. The molecule has 2 aromatic carbocycles. The predicted molar refractivity (Wildman–Crippen MR) is 116 cm³/mol. The molecule has 2 N–H and O–H groups in total. The van der Waals surface area contributed by atoms with E-state index in [0.29, 0.717) is 13.2 Å². The number of ether oxygens (including phenoxy) is 1. The Hall–Kier alpha value is -3.28. The van der Waals surface area contributed by atoms with E-state index in [1.165, 1.54) is 11.3 Å². The zero-order chi connectivity index (χ0) is 20.9. The van der Waals surface area contributed by atoms with E-state index in [1.807, 2.05) is 55.5 Å². The Balaban J connectivity index is 1.47. The normalized spacial score (nSPS) is 15.4. The Morgan fingerprint density at radius 3 is 2.67 bits per heavy atom. The summed E-state index contributed by atoms with van der Waals surface area (Å²) in [5, 5.41) is 7.20. The summed E-state index contributed by atoms with van der Waals surface area (Å²) in [6.07, 6.45) is 2.41. The first kappa shape index (κ1) is 20.0. The van der Waals surface area contributed by atoms with Crippen LogP contribution < -0.4 is 10.6 Å². The van der Waals surface area contributed by atoms with Gasteiger partial charge in [0.15, 0.2) is 0 Å². The first-order chi connectivity index (χ1) is 14.7. The fourth-order valence-corrected chi connectivity index (χ4v) is 4.26. The van der Waals surface area contributed by atoms with E-state index < -0.39 is 0 Å². The monoisotopic (exact) mass is 405 g/mol. The lowest BCUT2D eigenvalue weighted by Gasteiger charge is -2.25. The van der Waals surface area contributed by atoms with Crippen LogP contribution in [0.15, 0.2) is 54.6 Å². The Labute approximate surface area is 176 Å². The fourth-order valence-electron chi connectivity index (χ4n) is 4.26. The number of carbonyl (C=O) groups is 2. The number of para-hydroxylation sites is 1. The summed E-state index contributed by atoms with van der Waals surface area (Å²) < 4.78 is 7.24. The summed E-state index contributed by atoms with van der Waals surface area (Å²) in [7, 11) is 0. The highest BCUT2D eigenvalue weighted by Gasteiger charge is 2.27. The molecular formula is C24H27N3O3. The van der Waals surface area contributed by atoms with E-state index in [2.05, 4.69) is 21.3 Å². The maximum Gasteiger partial charge on any atom is 0.325 e. The number of nitrogens with zero attached hydrogens (tertiary/aromatic N) is 1. The van der Waals surface area contributed by atoms with Crippen LogP contribution in [-0.2, 0) is 35.5 Å². The van der Waals surface area contributed by atoms with Crippen LogP contribution in [0.2, 0.25) is 0 Å². The minimum Gasteiger partial charge on any atom is -0.465 e. The number of benzene rings is 2. The van der Waals surface area contributed by atoms with Crippen LogP contribution in [0.1, 0.15) is 30.2 Å². The summed E-state index contributed by atoms with van der Waals surface area (Å²) in [4.78, 5) is 24.5. The van der Waals surface area contributed by atoms with Gasteiger partial charge in [-0.2, -0.15) is 0 Å². The van der Waals surface area contributed by atoms with Gasteiger partial charge in [-0.1, -0.05) is 48.5 Å². The lowest BCUT2D eigenvalue weighted by Crippen LogP contribution is -2.44. The number of aromatic nitrogens is 1. The van der Waals surface area contributed by atoms with E-state index >= 15 is 0 Å². The molecule has 0 fully saturated rings. The molecule has 0 saturated carbocycles. The summed E-state index contributed by atoms with van der Waals surface area (Å²) in [5.41, 5.74) is 4.51. The second kappa shape index (κ2) is 9.03. The van der Waals surface area contributed by atoms with Crippen molar-refractivity contribution in [2.24, 2.45) is 0 Å². The topological polar surface area (TPSA) is 72.4 Å². The van der Waals surface area contributed by atoms with Crippen LogP contribution in [0.3, 0.4) is 0 Å². The maximum absolute atomic E-state index is 12.4. The van der Waals surface area contributed by atoms with Crippen molar-refractivity contribution in [1.82, 2.24) is 15.2 Å². The lowest BCUT2D eigenvalue weighted by molar-refractivity contribution is -0.143. The summed E-state index contributed by atoms with van der Waals surface area (Å²) in [6, 6.07) is 17.9. The summed E-state index contributed by atoms with van der Waals surface area (Å²) in [5.74, 6) is -0.221. The maximum atomic E-state index is 12.4. The van der Waals surface area contributed by atoms with Gasteiger partial charge in [-0.3, -0.25) is 4.79 Å². The molecule has 1 aromatic heterocycles. The Morgan fingerprint density at radius 1 is 1.10 bits per heavy atom. The van der Waals surface area contributed by atoms with E-state index in [-0.39, 0.29) is 24.6 Å². The molecule has 0 aliphatic heterocycles. The van der Waals surface area contributed by atoms with Crippen molar-refractivity contribution in [3.8, 4) is 0 Å². The van der Waals surface area contributed by atoms with Crippen LogP contribution in [-0.4, -0.2) is 29.2 Å². The predicted octanol–water partition coefficient (Wildman–Crippen LogP) is 3.56. The first-order valence-electron chi connectivity index (χ1n) is 10.5. The van der Waals surface area contributed by atoms with Crippen LogP contribution >= 0.6 is 0 Å². The second-order valence-corrected chi connectivity index (χ2v) is 7.59. The molecule has 0 saturated heterocycles. The molecule has 156 valence electrons. The van der Waals surface area contributed by atoms with E-state index in [0.717, 1.165) is 35.7 Å². The standard InChI is InChI=1S/C24H27N3O3/c1-2-30-23(28)16-27-21-11-7-6-10-19(21)20-14-18(12-13-22(20)27)26-24(29)25-15-17-8-4-3-5-9-17/h3-11,18H,2,12-16H2,1H3,(H2,25,26,29)/t18-/m1/s1. The van der Waals surface area contributed by atoms with Gasteiger partial charge < -0.3 is 19.9 Å². The van der Waals surface area contributed by atoms with Gasteiger partial charge in [-0.05, 0) is 43.4 Å². The third-order valence-electron chi connectivity index (χ3n) is 5.60. The molecule has 0 radical (unpaired) electrons. The van der Waals surface area contributed by atoms with E-state index in [9.17, 15) is 9.59 Å². The SMILES string of the molecule is CCOC(=O)Cn1c2c(c3ccccc31)C[C@H](NC(=O)NCc1ccccc1)CC2. The zero-order valence-corrected chi connectivity index (χ0v) is 17.2. The van der Waals surface area contributed by atoms with E-state index in [1.54, 1.807) is 0 Å². The van der Waals surface area contributed by atoms with Crippen molar-refractivity contribution in [2.75, 3.05) is 6.61 Å². The van der Waals surface area contributed by atoms with Crippen molar-refractivity contribution in [1.29, 1.82) is 0 Å². The Bertz CT molecular complexity index is 1040. The van der Waals surface area contributed by atoms with Gasteiger partial charge in [0.1, 0.15) is 6.54 Å². The van der Waals surface area contributed by atoms with Crippen molar-refractivity contribution in [3.05, 3.63) is 71.4 Å². The van der Waals surface area contributed by atoms with E-state index in [4.69, 9.17) is 4.74 Å². The summed E-state index contributed by atoms with van der Waals surface area (Å²) >= 11 is 0. The number of fused-ring (bicyclic) bond motifs is 3. The number of rotatable bonds is 6. The van der Waals surface area contributed by atoms with Gasteiger partial charge in [0, 0.05) is 29.2 Å². The van der Waals surface area contributed by atoms with Gasteiger partial charge in [0.05, 0.1) is 6.61 Å². The van der Waals surface area contributed by atoms with Crippen LogP contribution in [0.5, 0.6) is 0 Å². The van der Waals surface area contributed by atoms with Gasteiger partial charge >= 0.3 is 12.0 Å². The molecule has 1 atom stereocenters. The molecule has 1 aliphatic carbocycles. The number of esters is 1. The van der Waals surface area contributed by atoms with Crippen molar-refractivity contribution >= 4 is 22.9 Å². The smallest absolute Gasteiger partial charge is 0.325 e. The summed E-state index contributed by atoms with van der Waals surface area (Å²) in [6.45, 7) is 2.92. The molecule has 0 bridgehead atoms. The Kier molecular flexibility index (Phi) is 6.02. The molecule has 3 aromatic rings. The minimum atomic E-state index is -0.221. The highest BCUT2D eigenvalue weighted by atomic mass is 16.5. The number of nitrogens with one attached hydrogen (secondary N) is 2. The first-order valence-corrected chi connectivity index (χ1v) is 10.5.